The quantitative estimate of drug-likeness (QED) is 0.916. The van der Waals surface area contributed by atoms with E-state index in [9.17, 15) is 4.79 Å². The molecule has 0 unspecified atom stereocenters. The van der Waals surface area contributed by atoms with Crippen LogP contribution in [-0.2, 0) is 9.53 Å². The van der Waals surface area contributed by atoms with Gasteiger partial charge in [0.1, 0.15) is 6.42 Å². The van der Waals surface area contributed by atoms with Crippen molar-refractivity contribution in [3.63, 3.8) is 0 Å². The molecule has 0 radical (unpaired) electrons. The summed E-state index contributed by atoms with van der Waals surface area (Å²) in [6.07, 6.45) is 0.308. The highest BCUT2D eigenvalue weighted by atomic mass is 16.5. The molecular weight excluding hydrogens is 254 g/mol. The van der Waals surface area contributed by atoms with E-state index < -0.39 is 0 Å². The number of benzene rings is 1. The van der Waals surface area contributed by atoms with Crippen molar-refractivity contribution < 1.29 is 9.53 Å². The van der Waals surface area contributed by atoms with Crippen LogP contribution in [0.1, 0.15) is 20.3 Å². The van der Waals surface area contributed by atoms with Crippen LogP contribution in [-0.4, -0.2) is 31.2 Å². The Bertz CT molecular complexity index is 497. The molecule has 1 aliphatic rings. The molecule has 1 N–H and O–H groups in total. The zero-order valence-corrected chi connectivity index (χ0v) is 11.8. The molecule has 1 aliphatic heterocycles. The summed E-state index contributed by atoms with van der Waals surface area (Å²) in [6.45, 7) is 5.87. The molecule has 2 rings (SSSR count). The van der Waals surface area contributed by atoms with Crippen molar-refractivity contribution in [3.8, 4) is 6.07 Å². The van der Waals surface area contributed by atoms with Gasteiger partial charge < -0.3 is 15.0 Å². The van der Waals surface area contributed by atoms with E-state index in [0.717, 1.165) is 18.8 Å². The fourth-order valence-corrected chi connectivity index (χ4v) is 2.42. The van der Waals surface area contributed by atoms with Crippen LogP contribution in [0.3, 0.4) is 0 Å². The van der Waals surface area contributed by atoms with Gasteiger partial charge in [-0.2, -0.15) is 5.26 Å². The Morgan fingerprint density at radius 1 is 1.35 bits per heavy atom. The molecule has 0 bridgehead atoms. The number of carbonyl (C=O) groups is 1. The number of nitriles is 1. The van der Waals surface area contributed by atoms with E-state index in [1.165, 1.54) is 0 Å². The first-order valence-corrected chi connectivity index (χ1v) is 6.75. The van der Waals surface area contributed by atoms with Crippen LogP contribution in [0.2, 0.25) is 0 Å². The minimum absolute atomic E-state index is 0.125. The minimum Gasteiger partial charge on any atom is -0.372 e. The minimum atomic E-state index is -0.283. The van der Waals surface area contributed by atoms with E-state index in [1.807, 2.05) is 30.3 Å². The largest absolute Gasteiger partial charge is 0.372 e. The highest BCUT2D eigenvalue weighted by molar-refractivity contribution is 5.92. The van der Waals surface area contributed by atoms with Crippen LogP contribution in [0.25, 0.3) is 0 Å². The van der Waals surface area contributed by atoms with Crippen molar-refractivity contribution in [1.29, 1.82) is 5.26 Å². The van der Waals surface area contributed by atoms with Crippen molar-refractivity contribution >= 4 is 17.3 Å². The van der Waals surface area contributed by atoms with E-state index in [1.54, 1.807) is 0 Å². The maximum atomic E-state index is 11.3. The fourth-order valence-electron chi connectivity index (χ4n) is 2.42. The predicted octanol–water partition coefficient (Wildman–Crippen LogP) is 2.15. The molecule has 0 saturated carbocycles. The molecule has 1 aromatic carbocycles. The third kappa shape index (κ3) is 3.72. The number of nitrogens with one attached hydrogen (secondary N) is 1. The summed E-state index contributed by atoms with van der Waals surface area (Å²) in [7, 11) is 0. The number of anilines is 2. The Kier molecular flexibility index (Phi) is 4.59. The van der Waals surface area contributed by atoms with Crippen molar-refractivity contribution in [2.75, 3.05) is 23.3 Å². The molecule has 1 heterocycles. The average molecular weight is 273 g/mol. The maximum absolute atomic E-state index is 11.3. The van der Waals surface area contributed by atoms with Crippen LogP contribution in [0.4, 0.5) is 11.4 Å². The number of hydrogen-bond donors (Lipinski definition) is 1. The fraction of sp³-hybridized carbons (Fsp3) is 0.467. The second-order valence-corrected chi connectivity index (χ2v) is 5.09. The van der Waals surface area contributed by atoms with Crippen molar-refractivity contribution in [1.82, 2.24) is 0 Å². The van der Waals surface area contributed by atoms with Crippen LogP contribution in [0.5, 0.6) is 0 Å². The van der Waals surface area contributed by atoms with Gasteiger partial charge in [-0.05, 0) is 38.1 Å². The first kappa shape index (κ1) is 14.4. The molecule has 0 spiro atoms. The second kappa shape index (κ2) is 6.40. The first-order chi connectivity index (χ1) is 9.58. The summed E-state index contributed by atoms with van der Waals surface area (Å²) < 4.78 is 5.71. The van der Waals surface area contributed by atoms with Crippen LogP contribution < -0.4 is 10.2 Å². The van der Waals surface area contributed by atoms with Gasteiger partial charge in [0.05, 0.1) is 18.3 Å². The lowest BCUT2D eigenvalue weighted by Crippen LogP contribution is -2.45. The van der Waals surface area contributed by atoms with E-state index in [4.69, 9.17) is 10.00 Å². The van der Waals surface area contributed by atoms with E-state index >= 15 is 0 Å². The second-order valence-electron chi connectivity index (χ2n) is 5.09. The van der Waals surface area contributed by atoms with Gasteiger partial charge in [0.2, 0.25) is 5.91 Å². The molecule has 2 atom stereocenters. The Hall–Kier alpha value is -2.06. The van der Waals surface area contributed by atoms with Gasteiger partial charge >= 0.3 is 0 Å². The van der Waals surface area contributed by atoms with Crippen LogP contribution in [0.15, 0.2) is 24.3 Å². The van der Waals surface area contributed by atoms with Crippen molar-refractivity contribution in [2.24, 2.45) is 0 Å². The lowest BCUT2D eigenvalue weighted by atomic mass is 10.2. The number of carbonyl (C=O) groups excluding carboxylic acids is 1. The molecule has 20 heavy (non-hydrogen) atoms. The lowest BCUT2D eigenvalue weighted by molar-refractivity contribution is -0.115. The molecule has 0 aliphatic carbocycles. The SMILES string of the molecule is C[C@@H]1CN(c2ccc(NC(=O)CC#N)cc2)C[C@H](C)O1. The Morgan fingerprint density at radius 3 is 2.50 bits per heavy atom. The summed E-state index contributed by atoms with van der Waals surface area (Å²) >= 11 is 0. The van der Waals surface area contributed by atoms with Crippen molar-refractivity contribution in [3.05, 3.63) is 24.3 Å². The summed E-state index contributed by atoms with van der Waals surface area (Å²) in [4.78, 5) is 13.6. The van der Waals surface area contributed by atoms with E-state index in [0.29, 0.717) is 5.69 Å². The van der Waals surface area contributed by atoms with Gasteiger partial charge in [0, 0.05) is 24.5 Å². The lowest BCUT2D eigenvalue weighted by Gasteiger charge is -2.36. The first-order valence-electron chi connectivity index (χ1n) is 6.75. The molecule has 0 aromatic heterocycles. The third-order valence-electron chi connectivity index (χ3n) is 3.18. The molecule has 1 aromatic rings. The summed E-state index contributed by atoms with van der Waals surface area (Å²) in [5, 5.41) is 11.1. The Labute approximate surface area is 119 Å². The molecular formula is C15H19N3O2. The van der Waals surface area contributed by atoms with Gasteiger partial charge in [0.15, 0.2) is 0 Å². The smallest absolute Gasteiger partial charge is 0.238 e. The number of nitrogens with zero attached hydrogens (tertiary/aromatic N) is 2. The maximum Gasteiger partial charge on any atom is 0.238 e. The predicted molar refractivity (Wildman–Crippen MR) is 77.5 cm³/mol. The topological polar surface area (TPSA) is 65.4 Å². The number of morpholine rings is 1. The van der Waals surface area contributed by atoms with Gasteiger partial charge in [-0.25, -0.2) is 0 Å². The standard InChI is InChI=1S/C15H19N3O2/c1-11-9-18(10-12(2)20-11)14-5-3-13(4-6-14)17-15(19)7-8-16/h3-6,11-12H,7,9-10H2,1-2H3,(H,17,19)/t11-,12+. The Balaban J connectivity index is 2.01. The van der Waals surface area contributed by atoms with E-state index in [-0.39, 0.29) is 24.5 Å². The molecule has 1 saturated heterocycles. The zero-order valence-electron chi connectivity index (χ0n) is 11.8. The molecule has 106 valence electrons. The summed E-state index contributed by atoms with van der Waals surface area (Å²) in [6, 6.07) is 9.50. The zero-order chi connectivity index (χ0) is 14.5. The number of ether oxygens (including phenoxy) is 1. The van der Waals surface area contributed by atoms with Crippen molar-refractivity contribution in [2.45, 2.75) is 32.5 Å². The molecule has 5 heteroatoms. The monoisotopic (exact) mass is 273 g/mol. The van der Waals surface area contributed by atoms with Gasteiger partial charge in [-0.1, -0.05) is 0 Å². The molecule has 1 amide bonds. The van der Waals surface area contributed by atoms with Gasteiger partial charge in [0.25, 0.3) is 0 Å². The normalized spacial score (nSPS) is 22.1. The van der Waals surface area contributed by atoms with Crippen LogP contribution in [0, 0.1) is 11.3 Å². The van der Waals surface area contributed by atoms with Gasteiger partial charge in [-0.15, -0.1) is 0 Å². The number of hydrogen-bond acceptors (Lipinski definition) is 4. The average Bonchev–Trinajstić information content (AvgIpc) is 2.38. The highest BCUT2D eigenvalue weighted by Gasteiger charge is 2.22. The Morgan fingerprint density at radius 2 is 1.95 bits per heavy atom. The van der Waals surface area contributed by atoms with E-state index in [2.05, 4.69) is 24.1 Å². The molecule has 5 nitrogen and oxygen atoms in total. The highest BCUT2D eigenvalue weighted by Crippen LogP contribution is 2.22. The van der Waals surface area contributed by atoms with Gasteiger partial charge in [-0.3, -0.25) is 4.79 Å². The summed E-state index contributed by atoms with van der Waals surface area (Å²) in [5.41, 5.74) is 1.83. The number of amides is 1. The third-order valence-corrected chi connectivity index (χ3v) is 3.18. The van der Waals surface area contributed by atoms with Crippen LogP contribution >= 0.6 is 0 Å². The molecule has 1 fully saturated rings. The summed E-state index contributed by atoms with van der Waals surface area (Å²) in [5.74, 6) is -0.283. The number of rotatable bonds is 3.